The quantitative estimate of drug-likeness (QED) is 0.629. The highest BCUT2D eigenvalue weighted by Gasteiger charge is 2.45. The molecular formula is C12H16N2O6. The molecule has 2 saturated heterocycles. The summed E-state index contributed by atoms with van der Waals surface area (Å²) in [6.45, 7) is 0.280. The van der Waals surface area contributed by atoms with Crippen LogP contribution in [0.5, 0.6) is 0 Å². The minimum Gasteiger partial charge on any atom is -0.481 e. The van der Waals surface area contributed by atoms with Gasteiger partial charge in [0.2, 0.25) is 11.8 Å². The third-order valence-electron chi connectivity index (χ3n) is 4.08. The van der Waals surface area contributed by atoms with E-state index in [1.54, 1.807) is 4.90 Å². The van der Waals surface area contributed by atoms with Crippen LogP contribution < -0.4 is 0 Å². The maximum Gasteiger partial charge on any atom is 0.308 e. The maximum atomic E-state index is 11.9. The van der Waals surface area contributed by atoms with Gasteiger partial charge in [-0.3, -0.25) is 29.0 Å². The molecule has 0 spiro atoms. The van der Waals surface area contributed by atoms with Crippen molar-refractivity contribution in [3.8, 4) is 0 Å². The summed E-state index contributed by atoms with van der Waals surface area (Å²) in [5, 5.41) is 18.2. The van der Waals surface area contributed by atoms with Crippen LogP contribution in [0.1, 0.15) is 12.8 Å². The van der Waals surface area contributed by atoms with Crippen molar-refractivity contribution in [2.45, 2.75) is 18.9 Å². The van der Waals surface area contributed by atoms with Gasteiger partial charge in [-0.05, 0) is 13.0 Å². The normalized spacial score (nSPS) is 31.6. The van der Waals surface area contributed by atoms with Gasteiger partial charge in [0.1, 0.15) is 0 Å². The summed E-state index contributed by atoms with van der Waals surface area (Å²) in [5.41, 5.74) is 0. The van der Waals surface area contributed by atoms with Crippen molar-refractivity contribution in [3.63, 3.8) is 0 Å². The van der Waals surface area contributed by atoms with Crippen molar-refractivity contribution < 1.29 is 29.4 Å². The van der Waals surface area contributed by atoms with Gasteiger partial charge >= 0.3 is 11.9 Å². The molecule has 8 heteroatoms. The highest BCUT2D eigenvalue weighted by Crippen LogP contribution is 2.28. The van der Waals surface area contributed by atoms with Crippen molar-refractivity contribution in [2.24, 2.45) is 11.8 Å². The second-order valence-electron chi connectivity index (χ2n) is 5.18. The Hall–Kier alpha value is -1.96. The maximum absolute atomic E-state index is 11.9. The van der Waals surface area contributed by atoms with E-state index in [2.05, 4.69) is 0 Å². The standard InChI is InChI=1S/C12H16N2O6/c1-13-9(15)4-8(10(13)16)14-3-2-6(11(17)18)7(5-14)12(19)20/h6-8H,2-5H2,1H3,(H,17,18)(H,19,20). The van der Waals surface area contributed by atoms with Crippen molar-refractivity contribution in [2.75, 3.05) is 20.1 Å². The summed E-state index contributed by atoms with van der Waals surface area (Å²) in [6.07, 6.45) is 0.188. The Morgan fingerprint density at radius 2 is 1.75 bits per heavy atom. The number of carboxylic acid groups (broad SMARTS) is 2. The molecule has 0 aliphatic carbocycles. The van der Waals surface area contributed by atoms with E-state index < -0.39 is 29.8 Å². The number of rotatable bonds is 3. The number of carboxylic acids is 2. The number of amides is 2. The highest BCUT2D eigenvalue weighted by molar-refractivity contribution is 6.05. The Bertz CT molecular complexity index is 477. The predicted molar refractivity (Wildman–Crippen MR) is 64.6 cm³/mol. The van der Waals surface area contributed by atoms with E-state index in [0.717, 1.165) is 4.90 Å². The summed E-state index contributed by atoms with van der Waals surface area (Å²) in [6, 6.07) is -0.663. The third kappa shape index (κ3) is 2.38. The predicted octanol–water partition coefficient (Wildman–Crippen LogP) is -1.15. The first-order valence-electron chi connectivity index (χ1n) is 6.33. The number of piperidine rings is 1. The highest BCUT2D eigenvalue weighted by atomic mass is 16.4. The number of likely N-dealkylation sites (N-methyl/N-ethyl adjacent to an activating group) is 1. The summed E-state index contributed by atoms with van der Waals surface area (Å²) >= 11 is 0. The molecule has 0 aromatic rings. The van der Waals surface area contributed by atoms with Gasteiger partial charge < -0.3 is 10.2 Å². The lowest BCUT2D eigenvalue weighted by Gasteiger charge is -2.36. The van der Waals surface area contributed by atoms with Crippen LogP contribution in [0.4, 0.5) is 0 Å². The Labute approximate surface area is 114 Å². The molecule has 110 valence electrons. The molecule has 0 radical (unpaired) electrons. The summed E-state index contributed by atoms with van der Waals surface area (Å²) in [7, 11) is 1.39. The minimum absolute atomic E-state index is 0.0240. The second-order valence-corrected chi connectivity index (χ2v) is 5.18. The van der Waals surface area contributed by atoms with Gasteiger partial charge in [-0.2, -0.15) is 0 Å². The molecule has 2 aliphatic rings. The third-order valence-corrected chi connectivity index (χ3v) is 4.08. The number of imide groups is 1. The molecule has 3 atom stereocenters. The zero-order valence-electron chi connectivity index (χ0n) is 11.0. The molecule has 0 aromatic carbocycles. The molecule has 0 saturated carbocycles. The lowest BCUT2D eigenvalue weighted by Crippen LogP contribution is -2.52. The molecule has 2 aliphatic heterocycles. The zero-order chi connectivity index (χ0) is 15.0. The number of hydrogen-bond acceptors (Lipinski definition) is 5. The van der Waals surface area contributed by atoms with E-state index in [-0.39, 0.29) is 31.2 Å². The van der Waals surface area contributed by atoms with E-state index in [0.29, 0.717) is 6.54 Å². The number of nitrogens with zero attached hydrogens (tertiary/aromatic N) is 2. The van der Waals surface area contributed by atoms with E-state index in [4.69, 9.17) is 10.2 Å². The van der Waals surface area contributed by atoms with Gasteiger partial charge in [0, 0.05) is 13.6 Å². The van der Waals surface area contributed by atoms with Gasteiger partial charge in [-0.1, -0.05) is 0 Å². The summed E-state index contributed by atoms with van der Waals surface area (Å²) < 4.78 is 0. The Kier molecular flexibility index (Phi) is 3.76. The van der Waals surface area contributed by atoms with Crippen molar-refractivity contribution in [3.05, 3.63) is 0 Å². The number of carbonyl (C=O) groups excluding carboxylic acids is 2. The van der Waals surface area contributed by atoms with Gasteiger partial charge in [0.15, 0.2) is 0 Å². The second kappa shape index (κ2) is 5.20. The fraction of sp³-hybridized carbons (Fsp3) is 0.667. The fourth-order valence-electron chi connectivity index (χ4n) is 2.83. The number of hydrogen-bond donors (Lipinski definition) is 2. The Morgan fingerprint density at radius 3 is 2.20 bits per heavy atom. The molecule has 2 rings (SSSR count). The molecule has 2 fully saturated rings. The van der Waals surface area contributed by atoms with Crippen molar-refractivity contribution in [1.82, 2.24) is 9.80 Å². The first-order chi connectivity index (χ1) is 9.32. The zero-order valence-corrected chi connectivity index (χ0v) is 11.0. The largest absolute Gasteiger partial charge is 0.481 e. The van der Waals surface area contributed by atoms with Crippen molar-refractivity contribution >= 4 is 23.8 Å². The number of aliphatic carboxylic acids is 2. The topological polar surface area (TPSA) is 115 Å². The van der Waals surface area contributed by atoms with Crippen LogP contribution in [0.15, 0.2) is 0 Å². The molecule has 8 nitrogen and oxygen atoms in total. The van der Waals surface area contributed by atoms with Gasteiger partial charge in [-0.25, -0.2) is 0 Å². The van der Waals surface area contributed by atoms with Crippen LogP contribution in [0, 0.1) is 11.8 Å². The van der Waals surface area contributed by atoms with Crippen molar-refractivity contribution in [1.29, 1.82) is 0 Å². The minimum atomic E-state index is -1.19. The fourth-order valence-corrected chi connectivity index (χ4v) is 2.83. The number of carbonyl (C=O) groups is 4. The first-order valence-corrected chi connectivity index (χ1v) is 6.33. The van der Waals surface area contributed by atoms with Gasteiger partial charge in [0.05, 0.1) is 24.3 Å². The summed E-state index contributed by atoms with van der Waals surface area (Å²) in [4.78, 5) is 48.3. The van der Waals surface area contributed by atoms with E-state index in [1.807, 2.05) is 0 Å². The van der Waals surface area contributed by atoms with Crippen LogP contribution in [0.25, 0.3) is 0 Å². The van der Waals surface area contributed by atoms with Crippen LogP contribution in [-0.2, 0) is 19.2 Å². The van der Waals surface area contributed by atoms with Crippen LogP contribution >= 0.6 is 0 Å². The van der Waals surface area contributed by atoms with Crippen LogP contribution in [0.3, 0.4) is 0 Å². The molecule has 3 unspecified atom stereocenters. The molecular weight excluding hydrogens is 268 g/mol. The van der Waals surface area contributed by atoms with E-state index >= 15 is 0 Å². The first kappa shape index (κ1) is 14.4. The van der Waals surface area contributed by atoms with Crippen LogP contribution in [0.2, 0.25) is 0 Å². The van der Waals surface area contributed by atoms with E-state index in [1.165, 1.54) is 7.05 Å². The summed E-state index contributed by atoms with van der Waals surface area (Å²) in [5.74, 6) is -4.99. The average molecular weight is 284 g/mol. The lowest BCUT2D eigenvalue weighted by molar-refractivity contribution is -0.158. The Morgan fingerprint density at radius 1 is 1.15 bits per heavy atom. The average Bonchev–Trinajstić information content (AvgIpc) is 2.65. The molecule has 2 amide bonds. The molecule has 0 aromatic heterocycles. The lowest BCUT2D eigenvalue weighted by atomic mass is 9.85. The monoisotopic (exact) mass is 284 g/mol. The smallest absolute Gasteiger partial charge is 0.308 e. The molecule has 20 heavy (non-hydrogen) atoms. The SMILES string of the molecule is CN1C(=O)CC(N2CCC(C(=O)O)C(C(=O)O)C2)C1=O. The molecule has 2 heterocycles. The number of likely N-dealkylation sites (tertiary alicyclic amines) is 2. The van der Waals surface area contributed by atoms with Gasteiger partial charge in [-0.15, -0.1) is 0 Å². The van der Waals surface area contributed by atoms with Gasteiger partial charge in [0.25, 0.3) is 0 Å². The molecule has 0 bridgehead atoms. The van der Waals surface area contributed by atoms with E-state index in [9.17, 15) is 19.2 Å². The Balaban J connectivity index is 2.13. The molecule has 2 N–H and O–H groups in total. The van der Waals surface area contributed by atoms with Crippen LogP contribution in [-0.4, -0.2) is 69.9 Å².